The van der Waals surface area contributed by atoms with Crippen LogP contribution in [-0.2, 0) is 0 Å². The molecule has 1 rings (SSSR count). The van der Waals surface area contributed by atoms with Crippen LogP contribution in [0.4, 0.5) is 0 Å². The lowest BCUT2D eigenvalue weighted by atomic mass is 10.3. The molecule has 0 saturated carbocycles. The van der Waals surface area contributed by atoms with Gasteiger partial charge in [-0.25, -0.2) is 0 Å². The highest BCUT2D eigenvalue weighted by atomic mass is 32.2. The molecule has 0 bridgehead atoms. The molecule has 1 aliphatic heterocycles. The van der Waals surface area contributed by atoms with Crippen molar-refractivity contribution in [1.82, 2.24) is 4.90 Å². The van der Waals surface area contributed by atoms with Gasteiger partial charge in [-0.15, -0.1) is 0 Å². The van der Waals surface area contributed by atoms with Crippen LogP contribution in [0.1, 0.15) is 13.3 Å². The van der Waals surface area contributed by atoms with Gasteiger partial charge in [0.1, 0.15) is 0 Å². The first-order chi connectivity index (χ1) is 6.26. The van der Waals surface area contributed by atoms with Gasteiger partial charge in [0.2, 0.25) is 0 Å². The van der Waals surface area contributed by atoms with E-state index in [1.54, 1.807) is 0 Å². The standard InChI is InChI=1S/C8H17N3OS/c1-2-7-5-11(3-4-13-7)6-8(9)10-12/h7,12H,2-6H2,1H3,(H2,9,10). The van der Waals surface area contributed by atoms with Crippen molar-refractivity contribution in [2.45, 2.75) is 18.6 Å². The lowest BCUT2D eigenvalue weighted by Crippen LogP contribution is -2.42. The average molecular weight is 203 g/mol. The van der Waals surface area contributed by atoms with Gasteiger partial charge in [-0.2, -0.15) is 11.8 Å². The van der Waals surface area contributed by atoms with Gasteiger partial charge in [-0.3, -0.25) is 4.90 Å². The number of rotatable bonds is 3. The van der Waals surface area contributed by atoms with E-state index in [1.807, 2.05) is 11.8 Å². The summed E-state index contributed by atoms with van der Waals surface area (Å²) in [5.41, 5.74) is 5.44. The molecule has 5 heteroatoms. The first-order valence-electron chi connectivity index (χ1n) is 4.56. The normalized spacial score (nSPS) is 26.2. The lowest BCUT2D eigenvalue weighted by Gasteiger charge is -2.31. The first-order valence-corrected chi connectivity index (χ1v) is 5.61. The van der Waals surface area contributed by atoms with Crippen molar-refractivity contribution in [3.63, 3.8) is 0 Å². The Morgan fingerprint density at radius 1 is 1.77 bits per heavy atom. The lowest BCUT2D eigenvalue weighted by molar-refractivity contribution is 0.295. The number of thioether (sulfide) groups is 1. The average Bonchev–Trinajstić information content (AvgIpc) is 2.18. The summed E-state index contributed by atoms with van der Waals surface area (Å²) in [6.45, 7) is 4.88. The van der Waals surface area contributed by atoms with Crippen LogP contribution in [0, 0.1) is 0 Å². The van der Waals surface area contributed by atoms with E-state index < -0.39 is 0 Å². The largest absolute Gasteiger partial charge is 0.409 e. The Labute approximate surface area is 83.2 Å². The van der Waals surface area contributed by atoms with Crippen LogP contribution >= 0.6 is 11.8 Å². The molecule has 76 valence electrons. The number of hydrogen-bond donors (Lipinski definition) is 2. The fourth-order valence-corrected chi connectivity index (χ4v) is 2.68. The van der Waals surface area contributed by atoms with E-state index in [2.05, 4.69) is 17.0 Å². The molecule has 0 spiro atoms. The number of hydrogen-bond acceptors (Lipinski definition) is 4. The topological polar surface area (TPSA) is 61.8 Å². The fraction of sp³-hybridized carbons (Fsp3) is 0.875. The molecule has 0 aromatic rings. The predicted octanol–water partition coefficient (Wildman–Crippen LogP) is 0.560. The second-order valence-corrected chi connectivity index (χ2v) is 4.64. The highest BCUT2D eigenvalue weighted by Gasteiger charge is 2.19. The van der Waals surface area contributed by atoms with E-state index in [1.165, 1.54) is 6.42 Å². The Balaban J connectivity index is 2.34. The Kier molecular flexibility index (Phi) is 4.38. The summed E-state index contributed by atoms with van der Waals surface area (Å²) in [5, 5.41) is 12.1. The molecule has 0 amide bonds. The molecular formula is C8H17N3OS. The molecule has 1 unspecified atom stereocenters. The Morgan fingerprint density at radius 2 is 2.54 bits per heavy atom. The van der Waals surface area contributed by atoms with Gasteiger partial charge < -0.3 is 10.9 Å². The van der Waals surface area contributed by atoms with Gasteiger partial charge in [0.25, 0.3) is 0 Å². The van der Waals surface area contributed by atoms with E-state index in [-0.39, 0.29) is 0 Å². The molecule has 0 radical (unpaired) electrons. The summed E-state index contributed by atoms with van der Waals surface area (Å²) in [5.74, 6) is 1.46. The van der Waals surface area contributed by atoms with Gasteiger partial charge in [-0.05, 0) is 6.42 Å². The summed E-state index contributed by atoms with van der Waals surface area (Å²) in [4.78, 5) is 2.24. The zero-order valence-electron chi connectivity index (χ0n) is 7.94. The molecular weight excluding hydrogens is 186 g/mol. The highest BCUT2D eigenvalue weighted by molar-refractivity contribution is 8.00. The van der Waals surface area contributed by atoms with E-state index in [0.717, 1.165) is 18.8 Å². The smallest absolute Gasteiger partial charge is 0.153 e. The highest BCUT2D eigenvalue weighted by Crippen LogP contribution is 2.20. The number of nitrogens with two attached hydrogens (primary N) is 1. The zero-order valence-corrected chi connectivity index (χ0v) is 8.76. The first kappa shape index (κ1) is 10.7. The van der Waals surface area contributed by atoms with Crippen LogP contribution in [0.2, 0.25) is 0 Å². The van der Waals surface area contributed by atoms with Gasteiger partial charge in [-0.1, -0.05) is 12.1 Å². The minimum atomic E-state index is 0.307. The monoisotopic (exact) mass is 203 g/mol. The fourth-order valence-electron chi connectivity index (χ4n) is 1.43. The Morgan fingerprint density at radius 3 is 3.15 bits per heavy atom. The molecule has 4 nitrogen and oxygen atoms in total. The number of amidine groups is 1. The summed E-state index contributed by atoms with van der Waals surface area (Å²) in [7, 11) is 0. The minimum absolute atomic E-state index is 0.307. The van der Waals surface area contributed by atoms with E-state index in [4.69, 9.17) is 10.9 Å². The molecule has 1 atom stereocenters. The van der Waals surface area contributed by atoms with Gasteiger partial charge >= 0.3 is 0 Å². The molecule has 3 N–H and O–H groups in total. The van der Waals surface area contributed by atoms with E-state index in [0.29, 0.717) is 17.6 Å². The quantitative estimate of drug-likeness (QED) is 0.304. The summed E-state index contributed by atoms with van der Waals surface area (Å²) >= 11 is 2.02. The van der Waals surface area contributed by atoms with Crippen LogP contribution in [-0.4, -0.2) is 46.6 Å². The summed E-state index contributed by atoms with van der Waals surface area (Å²) in [6, 6.07) is 0. The van der Waals surface area contributed by atoms with Crippen molar-refractivity contribution >= 4 is 17.6 Å². The summed E-state index contributed by atoms with van der Waals surface area (Å²) in [6.07, 6.45) is 1.19. The van der Waals surface area contributed by atoms with E-state index in [9.17, 15) is 0 Å². The van der Waals surface area contributed by atoms with Crippen molar-refractivity contribution < 1.29 is 5.21 Å². The van der Waals surface area contributed by atoms with E-state index >= 15 is 0 Å². The van der Waals surface area contributed by atoms with Crippen molar-refractivity contribution in [1.29, 1.82) is 0 Å². The molecule has 1 fully saturated rings. The van der Waals surface area contributed by atoms with Crippen LogP contribution in [0.3, 0.4) is 0 Å². The second-order valence-electron chi connectivity index (χ2n) is 3.23. The van der Waals surface area contributed by atoms with Crippen LogP contribution in [0.5, 0.6) is 0 Å². The third kappa shape index (κ3) is 3.44. The number of nitrogens with zero attached hydrogens (tertiary/aromatic N) is 2. The zero-order chi connectivity index (χ0) is 9.68. The maximum absolute atomic E-state index is 8.42. The minimum Gasteiger partial charge on any atom is -0.409 e. The predicted molar refractivity (Wildman–Crippen MR) is 56.4 cm³/mol. The van der Waals surface area contributed by atoms with Gasteiger partial charge in [0.15, 0.2) is 5.84 Å². The maximum Gasteiger partial charge on any atom is 0.153 e. The van der Waals surface area contributed by atoms with Crippen LogP contribution < -0.4 is 5.73 Å². The molecule has 0 aliphatic carbocycles. The van der Waals surface area contributed by atoms with Gasteiger partial charge in [0, 0.05) is 24.1 Å². The molecule has 1 aliphatic rings. The molecule has 1 saturated heterocycles. The Hall–Kier alpha value is -0.420. The Bertz CT molecular complexity index is 186. The number of oxime groups is 1. The molecule has 0 aromatic carbocycles. The molecule has 0 aromatic heterocycles. The molecule has 13 heavy (non-hydrogen) atoms. The SMILES string of the molecule is CCC1CN(CC(N)=NO)CCS1. The van der Waals surface area contributed by atoms with Crippen molar-refractivity contribution in [2.24, 2.45) is 10.9 Å². The van der Waals surface area contributed by atoms with Gasteiger partial charge in [0.05, 0.1) is 6.54 Å². The van der Waals surface area contributed by atoms with Crippen LogP contribution in [0.25, 0.3) is 0 Å². The van der Waals surface area contributed by atoms with Crippen molar-refractivity contribution in [2.75, 3.05) is 25.4 Å². The third-order valence-electron chi connectivity index (χ3n) is 2.19. The maximum atomic E-state index is 8.42. The van der Waals surface area contributed by atoms with Crippen molar-refractivity contribution in [3.8, 4) is 0 Å². The third-order valence-corrected chi connectivity index (χ3v) is 3.56. The van der Waals surface area contributed by atoms with Crippen LogP contribution in [0.15, 0.2) is 5.16 Å². The summed E-state index contributed by atoms with van der Waals surface area (Å²) < 4.78 is 0. The van der Waals surface area contributed by atoms with Crippen molar-refractivity contribution in [3.05, 3.63) is 0 Å². The second kappa shape index (κ2) is 5.34. The molecule has 1 heterocycles.